The smallest absolute Gasteiger partial charge is 0.155 e. The summed E-state index contributed by atoms with van der Waals surface area (Å²) < 4.78 is 1.96. The van der Waals surface area contributed by atoms with Crippen molar-refractivity contribution in [3.63, 3.8) is 0 Å². The fourth-order valence-electron chi connectivity index (χ4n) is 3.77. The molecule has 0 spiro atoms. The van der Waals surface area contributed by atoms with Gasteiger partial charge in [0.05, 0.1) is 47.5 Å². The van der Waals surface area contributed by atoms with Crippen LogP contribution in [0.4, 0.5) is 0 Å². The summed E-state index contributed by atoms with van der Waals surface area (Å²) in [5, 5.41) is 19.1. The maximum absolute atomic E-state index is 9.76. The number of fused-ring (bicyclic) bond motifs is 2. The molecule has 6 aromatic heterocycles. The minimum absolute atomic E-state index is 0.107. The van der Waals surface area contributed by atoms with E-state index in [0.717, 1.165) is 50.2 Å². The largest absolute Gasteiger partial charge is 0.506 e. The van der Waals surface area contributed by atoms with Crippen LogP contribution in [-0.4, -0.2) is 44.8 Å². The Bertz CT molecular complexity index is 1580. The minimum atomic E-state index is 0.107. The first kappa shape index (κ1) is 17.3. The normalized spacial score (nSPS) is 11.5. The Morgan fingerprint density at radius 3 is 2.61 bits per heavy atom. The predicted octanol–water partition coefficient (Wildman–Crippen LogP) is 3.76. The Morgan fingerprint density at radius 2 is 1.77 bits per heavy atom. The van der Waals surface area contributed by atoms with Crippen molar-refractivity contribution in [1.82, 2.24) is 39.7 Å². The maximum atomic E-state index is 9.76. The van der Waals surface area contributed by atoms with Gasteiger partial charge in [0, 0.05) is 40.5 Å². The fraction of sp³-hybridized carbons (Fsp3) is 0.0455. The van der Waals surface area contributed by atoms with Crippen molar-refractivity contribution in [3.8, 4) is 34.0 Å². The Morgan fingerprint density at radius 1 is 0.903 bits per heavy atom. The van der Waals surface area contributed by atoms with Crippen LogP contribution in [-0.2, 0) is 0 Å². The molecular weight excluding hydrogens is 392 g/mol. The molecule has 0 fully saturated rings. The van der Waals surface area contributed by atoms with Gasteiger partial charge >= 0.3 is 0 Å². The quantitative estimate of drug-likeness (QED) is 0.410. The molecule has 0 unspecified atom stereocenters. The van der Waals surface area contributed by atoms with E-state index in [1.54, 1.807) is 31.0 Å². The third-order valence-corrected chi connectivity index (χ3v) is 5.24. The van der Waals surface area contributed by atoms with E-state index in [9.17, 15) is 5.11 Å². The van der Waals surface area contributed by atoms with Crippen molar-refractivity contribution in [2.24, 2.45) is 0 Å². The van der Waals surface area contributed by atoms with E-state index in [4.69, 9.17) is 0 Å². The van der Waals surface area contributed by atoms with Gasteiger partial charge in [-0.2, -0.15) is 5.10 Å². The zero-order chi connectivity index (χ0) is 20.9. The Balaban J connectivity index is 1.51. The average Bonchev–Trinajstić information content (AvgIpc) is 3.50. The van der Waals surface area contributed by atoms with Crippen molar-refractivity contribution >= 4 is 21.9 Å². The predicted molar refractivity (Wildman–Crippen MR) is 116 cm³/mol. The molecule has 0 aliphatic rings. The highest BCUT2D eigenvalue weighted by atomic mass is 16.3. The summed E-state index contributed by atoms with van der Waals surface area (Å²) in [7, 11) is 0. The summed E-state index contributed by atoms with van der Waals surface area (Å²) in [6.07, 6.45) is 12.2. The van der Waals surface area contributed by atoms with Gasteiger partial charge in [0.2, 0.25) is 0 Å². The van der Waals surface area contributed by atoms with Gasteiger partial charge in [-0.15, -0.1) is 0 Å². The number of rotatable bonds is 3. The van der Waals surface area contributed by atoms with E-state index >= 15 is 0 Å². The summed E-state index contributed by atoms with van der Waals surface area (Å²) in [6, 6.07) is 5.70. The molecule has 9 nitrogen and oxygen atoms in total. The van der Waals surface area contributed by atoms with Crippen LogP contribution in [0.25, 0.3) is 50.1 Å². The van der Waals surface area contributed by atoms with Crippen molar-refractivity contribution in [1.29, 1.82) is 0 Å². The van der Waals surface area contributed by atoms with Gasteiger partial charge in [0.25, 0.3) is 0 Å². The monoisotopic (exact) mass is 408 g/mol. The second-order valence-electron chi connectivity index (χ2n) is 7.35. The first-order valence-electron chi connectivity index (χ1n) is 9.62. The summed E-state index contributed by atoms with van der Waals surface area (Å²) in [5.41, 5.74) is 6.66. The molecule has 31 heavy (non-hydrogen) atoms. The number of hydrogen-bond donors (Lipinski definition) is 3. The summed E-state index contributed by atoms with van der Waals surface area (Å²) in [5.74, 6) is 0.107. The van der Waals surface area contributed by atoms with Crippen LogP contribution in [0.2, 0.25) is 0 Å². The van der Waals surface area contributed by atoms with E-state index in [2.05, 4.69) is 41.2 Å². The standard InChI is InChI=1S/C22H16N8O/c1-12-10-30(11-26-12)20-9-24-8-19-16(20)4-18(27-19)21-17-3-14(6-25-22(17)29-28-21)13-2-15(31)7-23-5-13/h2-11,27,31H,1H3,(H,25,28,29). The van der Waals surface area contributed by atoms with Gasteiger partial charge in [-0.3, -0.25) is 15.1 Å². The number of nitrogens with zero attached hydrogens (tertiary/aromatic N) is 6. The number of aromatic nitrogens is 8. The first-order chi connectivity index (χ1) is 15.2. The molecule has 0 radical (unpaired) electrons. The third kappa shape index (κ3) is 2.83. The van der Waals surface area contributed by atoms with Crippen LogP contribution in [0, 0.1) is 6.92 Å². The number of imidazole rings is 1. The second kappa shape index (κ2) is 6.49. The van der Waals surface area contributed by atoms with E-state index < -0.39 is 0 Å². The maximum Gasteiger partial charge on any atom is 0.155 e. The number of nitrogens with one attached hydrogen (secondary N) is 2. The molecule has 0 aromatic carbocycles. The minimum Gasteiger partial charge on any atom is -0.506 e. The molecule has 0 atom stereocenters. The zero-order valence-electron chi connectivity index (χ0n) is 16.4. The van der Waals surface area contributed by atoms with E-state index in [1.807, 2.05) is 30.0 Å². The highest BCUT2D eigenvalue weighted by molar-refractivity contribution is 5.97. The fourth-order valence-corrected chi connectivity index (χ4v) is 3.77. The molecule has 9 heteroatoms. The number of pyridine rings is 3. The van der Waals surface area contributed by atoms with Crippen molar-refractivity contribution in [3.05, 3.63) is 67.4 Å². The van der Waals surface area contributed by atoms with Gasteiger partial charge < -0.3 is 14.7 Å². The lowest BCUT2D eigenvalue weighted by atomic mass is 10.1. The SMILES string of the molecule is Cc1cn(-c2cncc3[nH]c(-c4n[nH]c5ncc(-c6cncc(O)c6)cc45)cc23)cn1. The lowest BCUT2D eigenvalue weighted by Crippen LogP contribution is -1.91. The molecule has 150 valence electrons. The Kier molecular flexibility index (Phi) is 3.63. The molecule has 0 aliphatic heterocycles. The molecule has 6 heterocycles. The Hall–Kier alpha value is -4.53. The molecule has 0 aliphatic carbocycles. The van der Waals surface area contributed by atoms with Gasteiger partial charge in [-0.05, 0) is 25.1 Å². The van der Waals surface area contributed by atoms with Crippen LogP contribution >= 0.6 is 0 Å². The van der Waals surface area contributed by atoms with Crippen LogP contribution in [0.3, 0.4) is 0 Å². The lowest BCUT2D eigenvalue weighted by molar-refractivity contribution is 0.473. The van der Waals surface area contributed by atoms with Gasteiger partial charge in [0.1, 0.15) is 11.4 Å². The summed E-state index contributed by atoms with van der Waals surface area (Å²) >= 11 is 0. The number of aromatic amines is 2. The molecule has 0 bridgehead atoms. The highest BCUT2D eigenvalue weighted by Gasteiger charge is 2.15. The lowest BCUT2D eigenvalue weighted by Gasteiger charge is -2.02. The average molecular weight is 408 g/mol. The van der Waals surface area contributed by atoms with Crippen LogP contribution in [0.1, 0.15) is 5.69 Å². The van der Waals surface area contributed by atoms with Crippen LogP contribution in [0.5, 0.6) is 5.75 Å². The molecule has 0 saturated carbocycles. The number of hydrogen-bond acceptors (Lipinski definition) is 6. The van der Waals surface area contributed by atoms with Gasteiger partial charge in [-0.1, -0.05) is 0 Å². The molecule has 6 rings (SSSR count). The van der Waals surface area contributed by atoms with Crippen LogP contribution in [0.15, 0.2) is 61.7 Å². The van der Waals surface area contributed by atoms with Gasteiger partial charge in [0.15, 0.2) is 5.65 Å². The topological polar surface area (TPSA) is 121 Å². The van der Waals surface area contributed by atoms with E-state index in [1.165, 1.54) is 6.20 Å². The third-order valence-electron chi connectivity index (χ3n) is 5.24. The van der Waals surface area contributed by atoms with Crippen molar-refractivity contribution in [2.75, 3.05) is 0 Å². The molecular formula is C22H16N8O. The molecule has 0 saturated heterocycles. The second-order valence-corrected chi connectivity index (χ2v) is 7.35. The molecule has 6 aromatic rings. The number of aromatic hydroxyl groups is 1. The highest BCUT2D eigenvalue weighted by Crippen LogP contribution is 2.32. The number of aryl methyl sites for hydroxylation is 1. The molecule has 0 amide bonds. The summed E-state index contributed by atoms with van der Waals surface area (Å²) in [4.78, 5) is 20.6. The molecule has 3 N–H and O–H groups in total. The summed E-state index contributed by atoms with van der Waals surface area (Å²) in [6.45, 7) is 1.95. The van der Waals surface area contributed by atoms with Crippen molar-refractivity contribution in [2.45, 2.75) is 6.92 Å². The number of H-pyrrole nitrogens is 2. The zero-order valence-corrected chi connectivity index (χ0v) is 16.4. The van der Waals surface area contributed by atoms with E-state index in [0.29, 0.717) is 5.65 Å². The van der Waals surface area contributed by atoms with Gasteiger partial charge in [-0.25, -0.2) is 9.97 Å². The Labute approximate surface area is 175 Å². The van der Waals surface area contributed by atoms with Crippen molar-refractivity contribution < 1.29 is 5.11 Å². The van der Waals surface area contributed by atoms with Crippen LogP contribution < -0.4 is 0 Å². The first-order valence-corrected chi connectivity index (χ1v) is 9.62. The van der Waals surface area contributed by atoms with E-state index in [-0.39, 0.29) is 5.75 Å².